The van der Waals surface area contributed by atoms with E-state index in [0.29, 0.717) is 19.3 Å². The molecule has 0 bridgehead atoms. The predicted octanol–water partition coefficient (Wildman–Crippen LogP) is 3.30. The van der Waals surface area contributed by atoms with Crippen molar-refractivity contribution in [3.63, 3.8) is 0 Å². The van der Waals surface area contributed by atoms with E-state index in [4.69, 9.17) is 4.74 Å². The van der Waals surface area contributed by atoms with E-state index in [2.05, 4.69) is 4.98 Å². The lowest BCUT2D eigenvalue weighted by Gasteiger charge is -2.20. The summed E-state index contributed by atoms with van der Waals surface area (Å²) in [6, 6.07) is 5.03. The maximum absolute atomic E-state index is 12.0. The van der Waals surface area contributed by atoms with Crippen molar-refractivity contribution in [1.82, 2.24) is 4.98 Å². The molecule has 0 spiro atoms. The zero-order valence-electron chi connectivity index (χ0n) is 12.6. The largest absolute Gasteiger partial charge is 0.481 e. The minimum absolute atomic E-state index is 0.251. The highest BCUT2D eigenvalue weighted by atomic mass is 16.5. The lowest BCUT2D eigenvalue weighted by atomic mass is 9.95. The summed E-state index contributed by atoms with van der Waals surface area (Å²) < 4.78 is 5.44. The van der Waals surface area contributed by atoms with Crippen molar-refractivity contribution in [2.75, 3.05) is 0 Å². The maximum atomic E-state index is 12.0. The molecule has 0 saturated carbocycles. The second kappa shape index (κ2) is 9.10. The Balaban J connectivity index is 2.68. The molecule has 0 radical (unpaired) electrons. The Kier molecular flexibility index (Phi) is 7.43. The molecule has 21 heavy (non-hydrogen) atoms. The molecule has 2 atom stereocenters. The van der Waals surface area contributed by atoms with E-state index in [0.717, 1.165) is 12.8 Å². The van der Waals surface area contributed by atoms with Gasteiger partial charge >= 0.3 is 11.9 Å². The van der Waals surface area contributed by atoms with Crippen LogP contribution in [0.15, 0.2) is 24.4 Å². The van der Waals surface area contributed by atoms with Gasteiger partial charge in [-0.3, -0.25) is 4.79 Å². The van der Waals surface area contributed by atoms with Crippen LogP contribution >= 0.6 is 0 Å². The number of carboxylic acid groups (broad SMARTS) is 1. The van der Waals surface area contributed by atoms with Gasteiger partial charge in [0, 0.05) is 6.20 Å². The summed E-state index contributed by atoms with van der Waals surface area (Å²) in [7, 11) is 0. The number of aromatic nitrogens is 1. The van der Waals surface area contributed by atoms with E-state index in [1.807, 2.05) is 13.8 Å². The van der Waals surface area contributed by atoms with Gasteiger partial charge in [-0.25, -0.2) is 9.78 Å². The highest BCUT2D eigenvalue weighted by Crippen LogP contribution is 2.20. The van der Waals surface area contributed by atoms with Crippen LogP contribution in [-0.4, -0.2) is 28.1 Å². The number of aliphatic carboxylic acids is 1. The topological polar surface area (TPSA) is 76.5 Å². The summed E-state index contributed by atoms with van der Waals surface area (Å²) in [5.74, 6) is -1.79. The molecule has 1 aromatic rings. The molecule has 5 nitrogen and oxygen atoms in total. The lowest BCUT2D eigenvalue weighted by molar-refractivity contribution is -0.143. The third-order valence-corrected chi connectivity index (χ3v) is 3.29. The molecule has 1 N–H and O–H groups in total. The van der Waals surface area contributed by atoms with Gasteiger partial charge in [-0.2, -0.15) is 0 Å². The molecular formula is C16H23NO4. The summed E-state index contributed by atoms with van der Waals surface area (Å²) in [6.45, 7) is 3.93. The fourth-order valence-electron chi connectivity index (χ4n) is 2.25. The molecule has 1 rings (SSSR count). The number of pyridine rings is 1. The number of carboxylic acids is 1. The maximum Gasteiger partial charge on any atom is 0.357 e. The highest BCUT2D eigenvalue weighted by molar-refractivity contribution is 5.87. The van der Waals surface area contributed by atoms with Crippen LogP contribution in [0.2, 0.25) is 0 Å². The van der Waals surface area contributed by atoms with Gasteiger partial charge < -0.3 is 9.84 Å². The zero-order valence-corrected chi connectivity index (χ0v) is 12.6. The normalized spacial score (nSPS) is 13.4. The SMILES string of the molecule is CCCC(CC(CCC)C(=O)O)OC(=O)c1ccccn1. The fraction of sp³-hybridized carbons (Fsp3) is 0.562. The first-order valence-electron chi connectivity index (χ1n) is 7.43. The van der Waals surface area contributed by atoms with Crippen LogP contribution in [-0.2, 0) is 9.53 Å². The van der Waals surface area contributed by atoms with Crippen LogP contribution < -0.4 is 0 Å². The van der Waals surface area contributed by atoms with Crippen LogP contribution in [0.4, 0.5) is 0 Å². The number of hydrogen-bond acceptors (Lipinski definition) is 4. The Hall–Kier alpha value is -1.91. The average Bonchev–Trinajstić information content (AvgIpc) is 2.47. The molecule has 0 amide bonds. The molecule has 0 aromatic carbocycles. The Morgan fingerprint density at radius 2 is 1.95 bits per heavy atom. The molecular weight excluding hydrogens is 270 g/mol. The Bertz CT molecular complexity index is 447. The van der Waals surface area contributed by atoms with E-state index in [9.17, 15) is 14.7 Å². The summed E-state index contributed by atoms with van der Waals surface area (Å²) in [6.07, 6.45) is 4.39. The minimum Gasteiger partial charge on any atom is -0.481 e. The van der Waals surface area contributed by atoms with Gasteiger partial charge in [0.2, 0.25) is 0 Å². The van der Waals surface area contributed by atoms with Gasteiger partial charge in [0.1, 0.15) is 11.8 Å². The van der Waals surface area contributed by atoms with Crippen LogP contribution in [0.25, 0.3) is 0 Å². The molecule has 0 aliphatic heterocycles. The standard InChI is InChI=1S/C16H23NO4/c1-3-7-12(15(18)19)11-13(8-4-2)21-16(20)14-9-5-6-10-17-14/h5-6,9-10,12-13H,3-4,7-8,11H2,1-2H3,(H,18,19). The van der Waals surface area contributed by atoms with Gasteiger partial charge in [0.05, 0.1) is 5.92 Å². The lowest BCUT2D eigenvalue weighted by Crippen LogP contribution is -2.25. The second-order valence-corrected chi connectivity index (χ2v) is 5.09. The van der Waals surface area contributed by atoms with Crippen molar-refractivity contribution in [2.45, 2.75) is 52.1 Å². The first kappa shape index (κ1) is 17.1. The first-order chi connectivity index (χ1) is 10.1. The van der Waals surface area contributed by atoms with Crippen LogP contribution in [0.3, 0.4) is 0 Å². The van der Waals surface area contributed by atoms with Crippen molar-refractivity contribution in [3.05, 3.63) is 30.1 Å². The smallest absolute Gasteiger partial charge is 0.357 e. The van der Waals surface area contributed by atoms with E-state index in [1.165, 1.54) is 6.20 Å². The quantitative estimate of drug-likeness (QED) is 0.707. The van der Waals surface area contributed by atoms with Crippen molar-refractivity contribution >= 4 is 11.9 Å². The molecule has 0 fully saturated rings. The van der Waals surface area contributed by atoms with Crippen molar-refractivity contribution in [3.8, 4) is 0 Å². The molecule has 0 aliphatic carbocycles. The van der Waals surface area contributed by atoms with Crippen molar-refractivity contribution < 1.29 is 19.4 Å². The van der Waals surface area contributed by atoms with Crippen molar-refractivity contribution in [2.24, 2.45) is 5.92 Å². The average molecular weight is 293 g/mol. The Morgan fingerprint density at radius 1 is 1.24 bits per heavy atom. The zero-order chi connectivity index (χ0) is 15.7. The number of carbonyl (C=O) groups is 2. The van der Waals surface area contributed by atoms with E-state index in [1.54, 1.807) is 18.2 Å². The van der Waals surface area contributed by atoms with E-state index < -0.39 is 17.9 Å². The number of hydrogen-bond donors (Lipinski definition) is 1. The van der Waals surface area contributed by atoms with Gasteiger partial charge in [0.15, 0.2) is 0 Å². The van der Waals surface area contributed by atoms with Gasteiger partial charge in [-0.1, -0.05) is 32.8 Å². The second-order valence-electron chi connectivity index (χ2n) is 5.09. The Labute approximate surface area is 125 Å². The summed E-state index contributed by atoms with van der Waals surface area (Å²) in [4.78, 5) is 27.2. The molecule has 0 saturated heterocycles. The van der Waals surface area contributed by atoms with Crippen LogP contribution in [0, 0.1) is 5.92 Å². The molecule has 5 heteroatoms. The monoisotopic (exact) mass is 293 g/mol. The highest BCUT2D eigenvalue weighted by Gasteiger charge is 2.24. The minimum atomic E-state index is -0.827. The van der Waals surface area contributed by atoms with Gasteiger partial charge in [-0.15, -0.1) is 0 Å². The number of rotatable bonds is 9. The molecule has 2 unspecified atom stereocenters. The summed E-state index contributed by atoms with van der Waals surface area (Å²) in [5.41, 5.74) is 0.251. The third kappa shape index (κ3) is 5.94. The van der Waals surface area contributed by atoms with Gasteiger partial charge in [0.25, 0.3) is 0 Å². The van der Waals surface area contributed by atoms with E-state index >= 15 is 0 Å². The molecule has 116 valence electrons. The third-order valence-electron chi connectivity index (χ3n) is 3.29. The predicted molar refractivity (Wildman–Crippen MR) is 79.0 cm³/mol. The Morgan fingerprint density at radius 3 is 2.48 bits per heavy atom. The fourth-order valence-corrected chi connectivity index (χ4v) is 2.25. The van der Waals surface area contributed by atoms with Crippen molar-refractivity contribution in [1.29, 1.82) is 0 Å². The van der Waals surface area contributed by atoms with Crippen LogP contribution in [0.1, 0.15) is 56.4 Å². The van der Waals surface area contributed by atoms with Crippen LogP contribution in [0.5, 0.6) is 0 Å². The number of esters is 1. The molecule has 1 aromatic heterocycles. The van der Waals surface area contributed by atoms with Gasteiger partial charge in [-0.05, 0) is 31.4 Å². The summed E-state index contributed by atoms with van der Waals surface area (Å²) in [5, 5.41) is 9.22. The number of ether oxygens (including phenoxy) is 1. The first-order valence-corrected chi connectivity index (χ1v) is 7.43. The number of nitrogens with zero attached hydrogens (tertiary/aromatic N) is 1. The number of carbonyl (C=O) groups excluding carboxylic acids is 1. The van der Waals surface area contributed by atoms with E-state index in [-0.39, 0.29) is 11.8 Å². The summed E-state index contributed by atoms with van der Waals surface area (Å²) >= 11 is 0. The molecule has 1 heterocycles. The molecule has 0 aliphatic rings.